The molecule has 2 nitrogen and oxygen atoms in total. The van der Waals surface area contributed by atoms with Gasteiger partial charge in [-0.3, -0.25) is 4.98 Å². The van der Waals surface area contributed by atoms with Crippen molar-refractivity contribution in [2.24, 2.45) is 0 Å². The molecule has 0 amide bonds. The molecule has 2 aromatic rings. The third-order valence-corrected chi connectivity index (χ3v) is 2.17. The van der Waals surface area contributed by atoms with E-state index in [4.69, 9.17) is 17.0 Å². The largest absolute Gasteiger partial charge is 0.445 e. The number of thiocarbonyl (C=S) groups is 1. The standard InChI is InChI=1S/C12H9NOS/c15-12(10-5-4-8-13-9-10)14-11-6-2-1-3-7-11/h1-9H. The lowest BCUT2D eigenvalue weighted by atomic mass is 10.3. The Morgan fingerprint density at radius 2 is 1.87 bits per heavy atom. The van der Waals surface area contributed by atoms with Crippen LogP contribution in [-0.2, 0) is 0 Å². The molecule has 0 bridgehead atoms. The van der Waals surface area contributed by atoms with Crippen molar-refractivity contribution in [1.29, 1.82) is 0 Å². The van der Waals surface area contributed by atoms with Crippen molar-refractivity contribution in [3.63, 3.8) is 0 Å². The molecule has 0 unspecified atom stereocenters. The second-order valence-corrected chi connectivity index (χ2v) is 3.32. The fourth-order valence-electron chi connectivity index (χ4n) is 1.14. The highest BCUT2D eigenvalue weighted by Crippen LogP contribution is 2.11. The molecule has 1 aromatic heterocycles. The minimum absolute atomic E-state index is 0.439. The molecule has 2 rings (SSSR count). The molecule has 0 fully saturated rings. The predicted octanol–water partition coefficient (Wildman–Crippen LogP) is 2.84. The molecule has 0 radical (unpaired) electrons. The molecule has 0 spiro atoms. The molecule has 15 heavy (non-hydrogen) atoms. The average molecular weight is 215 g/mol. The highest BCUT2D eigenvalue weighted by Gasteiger charge is 2.02. The first-order valence-electron chi connectivity index (χ1n) is 4.53. The second-order valence-electron chi connectivity index (χ2n) is 2.94. The van der Waals surface area contributed by atoms with Crippen LogP contribution >= 0.6 is 12.2 Å². The van der Waals surface area contributed by atoms with Crippen molar-refractivity contribution in [3.8, 4) is 5.75 Å². The molecule has 0 N–H and O–H groups in total. The Kier molecular flexibility index (Phi) is 3.05. The lowest BCUT2D eigenvalue weighted by Gasteiger charge is -2.05. The zero-order chi connectivity index (χ0) is 10.5. The molecular weight excluding hydrogens is 206 g/mol. The van der Waals surface area contributed by atoms with Gasteiger partial charge in [-0.1, -0.05) is 18.2 Å². The quantitative estimate of drug-likeness (QED) is 0.719. The van der Waals surface area contributed by atoms with Crippen molar-refractivity contribution in [1.82, 2.24) is 4.98 Å². The minimum Gasteiger partial charge on any atom is -0.445 e. The summed E-state index contributed by atoms with van der Waals surface area (Å²) in [4.78, 5) is 3.98. The molecule has 0 aliphatic carbocycles. The molecule has 0 saturated heterocycles. The fourth-order valence-corrected chi connectivity index (χ4v) is 1.35. The van der Waals surface area contributed by atoms with Gasteiger partial charge in [0.1, 0.15) is 5.75 Å². The molecule has 3 heteroatoms. The molecule has 0 saturated carbocycles. The molecule has 0 atom stereocenters. The summed E-state index contributed by atoms with van der Waals surface area (Å²) in [6.45, 7) is 0. The van der Waals surface area contributed by atoms with Crippen molar-refractivity contribution in [2.45, 2.75) is 0 Å². The number of para-hydroxylation sites is 1. The van der Waals surface area contributed by atoms with Crippen molar-refractivity contribution >= 4 is 17.3 Å². The first-order chi connectivity index (χ1) is 7.36. The van der Waals surface area contributed by atoms with Crippen LogP contribution in [0.2, 0.25) is 0 Å². The lowest BCUT2D eigenvalue weighted by molar-refractivity contribution is 0.566. The topological polar surface area (TPSA) is 22.1 Å². The van der Waals surface area contributed by atoms with Gasteiger partial charge in [-0.2, -0.15) is 0 Å². The Hall–Kier alpha value is -1.74. The highest BCUT2D eigenvalue weighted by molar-refractivity contribution is 7.80. The van der Waals surface area contributed by atoms with Crippen LogP contribution in [0.15, 0.2) is 54.9 Å². The predicted molar refractivity (Wildman–Crippen MR) is 63.0 cm³/mol. The lowest BCUT2D eigenvalue weighted by Crippen LogP contribution is -2.06. The van der Waals surface area contributed by atoms with Crippen LogP contribution in [0.5, 0.6) is 5.75 Å². The third kappa shape index (κ3) is 2.60. The molecule has 0 aliphatic heterocycles. The number of ether oxygens (including phenoxy) is 1. The maximum Gasteiger partial charge on any atom is 0.199 e. The van der Waals surface area contributed by atoms with Crippen molar-refractivity contribution in [2.75, 3.05) is 0 Å². The molecule has 1 aromatic carbocycles. The van der Waals surface area contributed by atoms with Gasteiger partial charge in [-0.25, -0.2) is 0 Å². The van der Waals surface area contributed by atoms with E-state index in [1.165, 1.54) is 0 Å². The summed E-state index contributed by atoms with van der Waals surface area (Å²) in [5.41, 5.74) is 0.816. The minimum atomic E-state index is 0.439. The maximum absolute atomic E-state index is 5.49. The maximum atomic E-state index is 5.49. The van der Waals surface area contributed by atoms with Gasteiger partial charge in [0.15, 0.2) is 5.05 Å². The van der Waals surface area contributed by atoms with Gasteiger partial charge < -0.3 is 4.74 Å². The summed E-state index contributed by atoms with van der Waals surface area (Å²) in [5.74, 6) is 0.742. The summed E-state index contributed by atoms with van der Waals surface area (Å²) in [6, 6.07) is 13.2. The van der Waals surface area contributed by atoms with E-state index in [1.807, 2.05) is 42.5 Å². The molecular formula is C12H9NOS. The van der Waals surface area contributed by atoms with E-state index in [-0.39, 0.29) is 0 Å². The Morgan fingerprint density at radius 3 is 2.53 bits per heavy atom. The van der Waals surface area contributed by atoms with E-state index in [0.717, 1.165) is 11.3 Å². The van der Waals surface area contributed by atoms with Crippen LogP contribution < -0.4 is 4.74 Å². The molecule has 74 valence electrons. The van der Waals surface area contributed by atoms with E-state index in [2.05, 4.69) is 4.98 Å². The third-order valence-electron chi connectivity index (χ3n) is 1.85. The summed E-state index contributed by atoms with van der Waals surface area (Å²) in [7, 11) is 0. The van der Waals surface area contributed by atoms with E-state index < -0.39 is 0 Å². The Labute approximate surface area is 93.5 Å². The SMILES string of the molecule is S=C(Oc1ccccc1)c1cccnc1. The summed E-state index contributed by atoms with van der Waals surface area (Å²) in [5, 5.41) is 0.439. The van der Waals surface area contributed by atoms with Gasteiger partial charge in [0.05, 0.1) is 0 Å². The van der Waals surface area contributed by atoms with E-state index in [9.17, 15) is 0 Å². The summed E-state index contributed by atoms with van der Waals surface area (Å²) in [6.07, 6.45) is 3.39. The number of hydrogen-bond acceptors (Lipinski definition) is 3. The monoisotopic (exact) mass is 215 g/mol. The summed E-state index contributed by atoms with van der Waals surface area (Å²) < 4.78 is 5.49. The van der Waals surface area contributed by atoms with Crippen LogP contribution in [0, 0.1) is 0 Å². The van der Waals surface area contributed by atoms with Crippen LogP contribution in [0.25, 0.3) is 0 Å². The smallest absolute Gasteiger partial charge is 0.199 e. The normalized spacial score (nSPS) is 9.60. The molecule has 1 heterocycles. The Morgan fingerprint density at radius 1 is 1.07 bits per heavy atom. The first-order valence-corrected chi connectivity index (χ1v) is 4.94. The Bertz CT molecular complexity index is 442. The zero-order valence-corrected chi connectivity index (χ0v) is 8.78. The zero-order valence-electron chi connectivity index (χ0n) is 7.96. The number of hydrogen-bond donors (Lipinski definition) is 0. The van der Waals surface area contributed by atoms with Crippen LogP contribution in [0.3, 0.4) is 0 Å². The number of aromatic nitrogens is 1. The average Bonchev–Trinajstić information content (AvgIpc) is 2.31. The van der Waals surface area contributed by atoms with Crippen LogP contribution in [-0.4, -0.2) is 10.0 Å². The van der Waals surface area contributed by atoms with Gasteiger partial charge in [-0.05, 0) is 36.5 Å². The number of rotatable bonds is 2. The second kappa shape index (κ2) is 4.66. The van der Waals surface area contributed by atoms with E-state index >= 15 is 0 Å². The van der Waals surface area contributed by atoms with Crippen molar-refractivity contribution < 1.29 is 4.74 Å². The van der Waals surface area contributed by atoms with Gasteiger partial charge in [0.2, 0.25) is 0 Å². The number of pyridine rings is 1. The van der Waals surface area contributed by atoms with E-state index in [0.29, 0.717) is 5.05 Å². The Balaban J connectivity index is 2.12. The first kappa shape index (κ1) is 9.80. The molecule has 0 aliphatic rings. The fraction of sp³-hybridized carbons (Fsp3) is 0. The van der Waals surface area contributed by atoms with Gasteiger partial charge in [0, 0.05) is 18.0 Å². The van der Waals surface area contributed by atoms with Crippen LogP contribution in [0.4, 0.5) is 0 Å². The number of benzene rings is 1. The van der Waals surface area contributed by atoms with Crippen LogP contribution in [0.1, 0.15) is 5.56 Å². The van der Waals surface area contributed by atoms with E-state index in [1.54, 1.807) is 12.4 Å². The van der Waals surface area contributed by atoms with Gasteiger partial charge in [-0.15, -0.1) is 0 Å². The highest BCUT2D eigenvalue weighted by atomic mass is 32.1. The number of nitrogens with zero attached hydrogens (tertiary/aromatic N) is 1. The van der Waals surface area contributed by atoms with Gasteiger partial charge in [0.25, 0.3) is 0 Å². The van der Waals surface area contributed by atoms with Gasteiger partial charge >= 0.3 is 0 Å². The van der Waals surface area contributed by atoms with Crippen molar-refractivity contribution in [3.05, 3.63) is 60.4 Å². The summed E-state index contributed by atoms with van der Waals surface area (Å²) >= 11 is 5.14.